The lowest BCUT2D eigenvalue weighted by Gasteiger charge is -2.32. The number of nitrogens with zero attached hydrogens (tertiary/aromatic N) is 3. The van der Waals surface area contributed by atoms with Crippen LogP contribution in [-0.2, 0) is 13.0 Å². The van der Waals surface area contributed by atoms with Crippen LogP contribution in [0.3, 0.4) is 0 Å². The lowest BCUT2D eigenvalue weighted by molar-refractivity contribution is 0.0638. The van der Waals surface area contributed by atoms with Gasteiger partial charge in [-0.2, -0.15) is 0 Å². The number of amides is 1. The molecule has 2 aromatic heterocycles. The van der Waals surface area contributed by atoms with E-state index >= 15 is 0 Å². The van der Waals surface area contributed by atoms with Crippen molar-refractivity contribution >= 4 is 17.2 Å². The second-order valence-electron chi connectivity index (χ2n) is 9.06. The van der Waals surface area contributed by atoms with Gasteiger partial charge in [-0.15, -0.1) is 11.3 Å². The normalized spacial score (nSPS) is 12.8. The van der Waals surface area contributed by atoms with Gasteiger partial charge in [-0.3, -0.25) is 4.79 Å². The minimum atomic E-state index is -0.298. The Bertz CT molecular complexity index is 1130. The van der Waals surface area contributed by atoms with E-state index in [-0.39, 0.29) is 11.4 Å². The fraction of sp³-hybridized carbons (Fsp3) is 0.440. The Labute approximate surface area is 193 Å². The Kier molecular flexibility index (Phi) is 6.03. The van der Waals surface area contributed by atoms with Crippen LogP contribution in [0, 0.1) is 0 Å². The summed E-state index contributed by atoms with van der Waals surface area (Å²) in [5, 5.41) is 2.04. The summed E-state index contributed by atoms with van der Waals surface area (Å²) in [5.41, 5.74) is 3.75. The minimum absolute atomic E-state index is 0.0685. The van der Waals surface area contributed by atoms with Crippen molar-refractivity contribution in [3.05, 3.63) is 41.0 Å². The third-order valence-electron chi connectivity index (χ3n) is 5.94. The molecule has 0 N–H and O–H groups in total. The molecule has 0 bridgehead atoms. The van der Waals surface area contributed by atoms with E-state index in [2.05, 4.69) is 29.7 Å². The summed E-state index contributed by atoms with van der Waals surface area (Å²) in [6.07, 6.45) is 1.71. The Balaban J connectivity index is 1.92. The number of benzene rings is 1. The Hall–Kier alpha value is -2.80. The number of aromatic nitrogens is 2. The van der Waals surface area contributed by atoms with Gasteiger partial charge >= 0.3 is 0 Å². The van der Waals surface area contributed by atoms with E-state index in [0.29, 0.717) is 19.0 Å². The van der Waals surface area contributed by atoms with E-state index in [9.17, 15) is 4.79 Å². The van der Waals surface area contributed by atoms with Crippen LogP contribution in [0.15, 0.2) is 29.6 Å². The van der Waals surface area contributed by atoms with E-state index in [1.54, 1.807) is 23.3 Å². The van der Waals surface area contributed by atoms with Crippen molar-refractivity contribution in [2.45, 2.75) is 52.6 Å². The van der Waals surface area contributed by atoms with Crippen molar-refractivity contribution in [1.29, 1.82) is 0 Å². The largest absolute Gasteiger partial charge is 0.493 e. The van der Waals surface area contributed by atoms with Gasteiger partial charge in [0.05, 0.1) is 24.3 Å². The number of fused-ring (bicyclic) bond motifs is 3. The van der Waals surface area contributed by atoms with Crippen LogP contribution in [-0.4, -0.2) is 46.7 Å². The highest BCUT2D eigenvalue weighted by molar-refractivity contribution is 7.13. The Morgan fingerprint density at radius 3 is 2.69 bits per heavy atom. The molecule has 7 heteroatoms. The first-order chi connectivity index (χ1) is 15.3. The maximum atomic E-state index is 13.5. The second-order valence-corrected chi connectivity index (χ2v) is 10.0. The summed E-state index contributed by atoms with van der Waals surface area (Å²) < 4.78 is 13.7. The molecule has 6 nitrogen and oxygen atoms in total. The number of methoxy groups -OCH3 is 1. The van der Waals surface area contributed by atoms with E-state index in [1.807, 2.05) is 39.3 Å². The van der Waals surface area contributed by atoms with Gasteiger partial charge in [0.2, 0.25) is 0 Å². The molecular formula is C25H31N3O3S. The first kappa shape index (κ1) is 22.4. The molecule has 0 saturated heterocycles. The zero-order valence-electron chi connectivity index (χ0n) is 19.7. The first-order valence-corrected chi connectivity index (χ1v) is 11.9. The number of hydrogen-bond acceptors (Lipinski definition) is 5. The van der Waals surface area contributed by atoms with E-state index in [4.69, 9.17) is 14.5 Å². The maximum absolute atomic E-state index is 13.5. The first-order valence-electron chi connectivity index (χ1n) is 11.0. The van der Waals surface area contributed by atoms with Crippen LogP contribution in [0.25, 0.3) is 21.8 Å². The van der Waals surface area contributed by atoms with Crippen molar-refractivity contribution in [1.82, 2.24) is 14.5 Å². The zero-order valence-corrected chi connectivity index (χ0v) is 20.5. The average molecular weight is 454 g/mol. The monoisotopic (exact) mass is 453 g/mol. The number of carbonyl (C=O) groups is 1. The SMILES string of the molecule is CCCOc1cc2c(cc1OC)CCn1c(C(=O)N(C)C(C)(C)C)nc(-c3cccs3)c1-2. The van der Waals surface area contributed by atoms with E-state index in [1.165, 1.54) is 5.56 Å². The average Bonchev–Trinajstić information content (AvgIpc) is 3.43. The molecule has 0 fully saturated rings. The van der Waals surface area contributed by atoms with Crippen LogP contribution in [0.1, 0.15) is 50.3 Å². The smallest absolute Gasteiger partial charge is 0.290 e. The number of aryl methyl sites for hydroxylation is 1. The van der Waals surface area contributed by atoms with Gasteiger partial charge in [-0.1, -0.05) is 13.0 Å². The highest BCUT2D eigenvalue weighted by Crippen LogP contribution is 2.44. The summed E-state index contributed by atoms with van der Waals surface area (Å²) in [5.74, 6) is 1.88. The van der Waals surface area contributed by atoms with Crippen LogP contribution >= 0.6 is 11.3 Å². The molecule has 3 heterocycles. The predicted octanol–water partition coefficient (Wildman–Crippen LogP) is 5.50. The van der Waals surface area contributed by atoms with Gasteiger partial charge in [0.1, 0.15) is 5.69 Å². The molecule has 1 aromatic carbocycles. The molecule has 1 aliphatic rings. The van der Waals surface area contributed by atoms with Crippen LogP contribution in [0.5, 0.6) is 11.5 Å². The third kappa shape index (κ3) is 3.90. The van der Waals surface area contributed by atoms with Crippen molar-refractivity contribution in [3.8, 4) is 33.3 Å². The quantitative estimate of drug-likeness (QED) is 0.494. The number of imidazole rings is 1. The molecule has 0 spiro atoms. The topological polar surface area (TPSA) is 56.6 Å². The molecule has 3 aromatic rings. The van der Waals surface area contributed by atoms with Gasteiger partial charge in [-0.25, -0.2) is 4.98 Å². The van der Waals surface area contributed by atoms with Gasteiger partial charge in [0.15, 0.2) is 17.3 Å². The number of hydrogen-bond donors (Lipinski definition) is 0. The summed E-state index contributed by atoms with van der Waals surface area (Å²) in [7, 11) is 3.51. The Morgan fingerprint density at radius 1 is 1.28 bits per heavy atom. The number of ether oxygens (including phenoxy) is 2. The molecule has 1 aliphatic heterocycles. The maximum Gasteiger partial charge on any atom is 0.290 e. The third-order valence-corrected chi connectivity index (χ3v) is 6.81. The summed E-state index contributed by atoms with van der Waals surface area (Å²) in [6.45, 7) is 9.49. The Morgan fingerprint density at radius 2 is 2.06 bits per heavy atom. The summed E-state index contributed by atoms with van der Waals surface area (Å²) in [4.78, 5) is 21.2. The molecule has 0 saturated carbocycles. The van der Waals surface area contributed by atoms with Gasteiger partial charge in [0, 0.05) is 24.7 Å². The molecule has 0 radical (unpaired) electrons. The number of thiophene rings is 1. The standard InChI is InChI=1S/C25H31N3O3S/c1-7-12-31-19-15-17-16(14-18(19)30-6)10-11-28-22(17)21(20-9-8-13-32-20)26-23(28)24(29)27(5)25(2,3)4/h8-9,13-15H,7,10-12H2,1-6H3. The molecule has 1 amide bonds. The van der Waals surface area contributed by atoms with Crippen LogP contribution in [0.4, 0.5) is 0 Å². The van der Waals surface area contributed by atoms with Crippen molar-refractivity contribution in [3.63, 3.8) is 0 Å². The lowest BCUT2D eigenvalue weighted by Crippen LogP contribution is -2.43. The highest BCUT2D eigenvalue weighted by Gasteiger charge is 2.33. The van der Waals surface area contributed by atoms with Crippen molar-refractivity contribution < 1.29 is 14.3 Å². The summed E-state index contributed by atoms with van der Waals surface area (Å²) >= 11 is 1.63. The molecule has 0 aliphatic carbocycles. The van der Waals surface area contributed by atoms with Gasteiger partial charge in [-0.05, 0) is 62.8 Å². The predicted molar refractivity (Wildman–Crippen MR) is 129 cm³/mol. The van der Waals surface area contributed by atoms with Crippen LogP contribution in [0.2, 0.25) is 0 Å². The molecule has 0 atom stereocenters. The molecule has 32 heavy (non-hydrogen) atoms. The highest BCUT2D eigenvalue weighted by atomic mass is 32.1. The fourth-order valence-electron chi connectivity index (χ4n) is 3.89. The summed E-state index contributed by atoms with van der Waals surface area (Å²) in [6, 6.07) is 8.19. The molecule has 0 unspecified atom stereocenters. The van der Waals surface area contributed by atoms with Crippen LogP contribution < -0.4 is 9.47 Å². The van der Waals surface area contributed by atoms with Gasteiger partial charge < -0.3 is 18.9 Å². The second kappa shape index (κ2) is 8.62. The molecular weight excluding hydrogens is 422 g/mol. The van der Waals surface area contributed by atoms with Crippen molar-refractivity contribution in [2.75, 3.05) is 20.8 Å². The number of rotatable bonds is 6. The lowest BCUT2D eigenvalue weighted by atomic mass is 9.96. The van der Waals surface area contributed by atoms with Crippen molar-refractivity contribution in [2.24, 2.45) is 0 Å². The van der Waals surface area contributed by atoms with Gasteiger partial charge in [0.25, 0.3) is 5.91 Å². The minimum Gasteiger partial charge on any atom is -0.493 e. The molecule has 4 rings (SSSR count). The van der Waals surface area contributed by atoms with E-state index in [0.717, 1.165) is 46.2 Å². The zero-order chi connectivity index (χ0) is 23.0. The van der Waals surface area contributed by atoms with E-state index < -0.39 is 0 Å². The number of carbonyl (C=O) groups excluding carboxylic acids is 1. The molecule has 170 valence electrons. The fourth-order valence-corrected chi connectivity index (χ4v) is 4.61.